The summed E-state index contributed by atoms with van der Waals surface area (Å²) < 4.78 is 45.6. The van der Waals surface area contributed by atoms with Gasteiger partial charge in [-0.15, -0.1) is 0 Å². The second kappa shape index (κ2) is 8.97. The van der Waals surface area contributed by atoms with Gasteiger partial charge in [-0.25, -0.2) is 17.5 Å². The molecular formula is C16H17FN2O5S2. The largest absolute Gasteiger partial charge is 0.495 e. The number of rotatable bonds is 9. The molecule has 0 aliphatic heterocycles. The summed E-state index contributed by atoms with van der Waals surface area (Å²) in [5, 5.41) is 10.8. The summed E-state index contributed by atoms with van der Waals surface area (Å²) >= 11 is 1.39. The van der Waals surface area contributed by atoms with Crippen LogP contribution >= 0.6 is 11.8 Å². The van der Waals surface area contributed by atoms with Gasteiger partial charge in [0, 0.05) is 24.1 Å². The predicted molar refractivity (Wildman–Crippen MR) is 97.4 cm³/mol. The molecule has 140 valence electrons. The lowest BCUT2D eigenvalue weighted by atomic mass is 10.2. The highest BCUT2D eigenvalue weighted by Crippen LogP contribution is 2.28. The number of nitro benzene ring substituents is 1. The number of halogens is 1. The molecule has 0 fully saturated rings. The Bertz CT molecular complexity index is 890. The van der Waals surface area contributed by atoms with Crippen LogP contribution < -0.4 is 9.46 Å². The van der Waals surface area contributed by atoms with E-state index in [-0.39, 0.29) is 28.7 Å². The van der Waals surface area contributed by atoms with Crippen LogP contribution in [0.5, 0.6) is 5.75 Å². The number of nitrogens with zero attached hydrogens (tertiary/aromatic N) is 1. The molecule has 0 amide bonds. The molecule has 0 unspecified atom stereocenters. The molecule has 0 aromatic heterocycles. The lowest BCUT2D eigenvalue weighted by molar-refractivity contribution is -0.385. The first-order valence-corrected chi connectivity index (χ1v) is 10.1. The quantitative estimate of drug-likeness (QED) is 0.395. The van der Waals surface area contributed by atoms with Crippen LogP contribution in [0.3, 0.4) is 0 Å². The van der Waals surface area contributed by atoms with E-state index in [4.69, 9.17) is 4.74 Å². The molecule has 0 aliphatic carbocycles. The number of non-ortho nitro benzene ring substituents is 1. The lowest BCUT2D eigenvalue weighted by Gasteiger charge is -2.10. The number of hydrogen-bond acceptors (Lipinski definition) is 6. The fraction of sp³-hybridized carbons (Fsp3) is 0.250. The maximum atomic E-state index is 13.5. The smallest absolute Gasteiger partial charge is 0.273 e. The van der Waals surface area contributed by atoms with Gasteiger partial charge >= 0.3 is 0 Å². The molecule has 0 atom stereocenters. The van der Waals surface area contributed by atoms with Crippen molar-refractivity contribution in [2.75, 3.05) is 19.4 Å². The van der Waals surface area contributed by atoms with E-state index in [0.717, 1.165) is 18.2 Å². The van der Waals surface area contributed by atoms with Crippen LogP contribution in [0, 0.1) is 15.9 Å². The zero-order valence-electron chi connectivity index (χ0n) is 13.8. The number of nitrogens with one attached hydrogen (secondary N) is 1. The van der Waals surface area contributed by atoms with Gasteiger partial charge in [0.2, 0.25) is 10.0 Å². The van der Waals surface area contributed by atoms with Crippen molar-refractivity contribution in [2.45, 2.75) is 10.6 Å². The summed E-state index contributed by atoms with van der Waals surface area (Å²) in [6, 6.07) is 9.68. The first-order valence-electron chi connectivity index (χ1n) is 7.48. The predicted octanol–water partition coefficient (Wildman–Crippen LogP) is 2.95. The number of ether oxygens (including phenoxy) is 1. The summed E-state index contributed by atoms with van der Waals surface area (Å²) in [6.45, 7) is 0.127. The van der Waals surface area contributed by atoms with Crippen LogP contribution in [0.15, 0.2) is 47.4 Å². The van der Waals surface area contributed by atoms with Crippen molar-refractivity contribution in [1.29, 1.82) is 0 Å². The molecule has 0 spiro atoms. The van der Waals surface area contributed by atoms with E-state index in [1.54, 1.807) is 18.2 Å². The first-order chi connectivity index (χ1) is 12.3. The van der Waals surface area contributed by atoms with Crippen LogP contribution in [0.1, 0.15) is 5.56 Å². The summed E-state index contributed by atoms with van der Waals surface area (Å²) in [5.41, 5.74) is 0.290. The van der Waals surface area contributed by atoms with E-state index < -0.39 is 14.9 Å². The molecule has 0 aliphatic rings. The Morgan fingerprint density at radius 2 is 2.00 bits per heavy atom. The van der Waals surface area contributed by atoms with Gasteiger partial charge in [0.25, 0.3) is 5.69 Å². The Kier molecular flexibility index (Phi) is 6.95. The number of sulfonamides is 1. The molecule has 0 saturated heterocycles. The molecule has 0 bridgehead atoms. The normalized spacial score (nSPS) is 11.3. The minimum Gasteiger partial charge on any atom is -0.495 e. The van der Waals surface area contributed by atoms with Gasteiger partial charge < -0.3 is 4.74 Å². The van der Waals surface area contributed by atoms with Crippen LogP contribution in [-0.4, -0.2) is 32.7 Å². The molecule has 2 aromatic rings. The van der Waals surface area contributed by atoms with Crippen LogP contribution in [0.2, 0.25) is 0 Å². The first kappa shape index (κ1) is 20.1. The van der Waals surface area contributed by atoms with E-state index in [1.807, 2.05) is 0 Å². The maximum Gasteiger partial charge on any atom is 0.273 e. The van der Waals surface area contributed by atoms with Crippen molar-refractivity contribution in [3.05, 3.63) is 64.0 Å². The number of benzene rings is 2. The van der Waals surface area contributed by atoms with Crippen molar-refractivity contribution < 1.29 is 22.5 Å². The summed E-state index contributed by atoms with van der Waals surface area (Å²) in [7, 11) is -2.65. The van der Waals surface area contributed by atoms with E-state index in [0.29, 0.717) is 17.1 Å². The van der Waals surface area contributed by atoms with Gasteiger partial charge in [-0.05, 0) is 17.7 Å². The van der Waals surface area contributed by atoms with Crippen LogP contribution in [0.4, 0.5) is 10.1 Å². The van der Waals surface area contributed by atoms with Crippen LogP contribution in [-0.2, 0) is 15.8 Å². The minimum atomic E-state index is -3.88. The zero-order chi connectivity index (χ0) is 19.2. The average Bonchev–Trinajstić information content (AvgIpc) is 2.62. The Hall–Kier alpha value is -2.17. The average molecular weight is 400 g/mol. The third-order valence-electron chi connectivity index (χ3n) is 3.40. The van der Waals surface area contributed by atoms with Crippen LogP contribution in [0.25, 0.3) is 0 Å². The molecular weight excluding hydrogens is 383 g/mol. The van der Waals surface area contributed by atoms with Gasteiger partial charge in [-0.1, -0.05) is 18.2 Å². The van der Waals surface area contributed by atoms with Crippen molar-refractivity contribution in [2.24, 2.45) is 0 Å². The maximum absolute atomic E-state index is 13.5. The fourth-order valence-corrected chi connectivity index (χ4v) is 4.27. The number of nitro groups is 1. The van der Waals surface area contributed by atoms with Crippen molar-refractivity contribution in [3.8, 4) is 5.75 Å². The van der Waals surface area contributed by atoms with Crippen molar-refractivity contribution in [3.63, 3.8) is 0 Å². The minimum absolute atomic E-state index is 0.106. The molecule has 10 heteroatoms. The van der Waals surface area contributed by atoms with Gasteiger partial charge in [-0.3, -0.25) is 10.1 Å². The summed E-state index contributed by atoms with van der Waals surface area (Å²) in [5.74, 6) is 0.458. The molecule has 2 rings (SSSR count). The lowest BCUT2D eigenvalue weighted by Crippen LogP contribution is -2.26. The molecule has 7 nitrogen and oxygen atoms in total. The zero-order valence-corrected chi connectivity index (χ0v) is 15.5. The van der Waals surface area contributed by atoms with Crippen molar-refractivity contribution in [1.82, 2.24) is 4.72 Å². The summed E-state index contributed by atoms with van der Waals surface area (Å²) in [4.78, 5) is 9.96. The fourth-order valence-electron chi connectivity index (χ4n) is 2.12. The highest BCUT2D eigenvalue weighted by Gasteiger charge is 2.21. The molecule has 0 radical (unpaired) electrons. The Labute approximate surface area is 154 Å². The second-order valence-corrected chi connectivity index (χ2v) is 7.97. The van der Waals surface area contributed by atoms with Gasteiger partial charge in [0.05, 0.1) is 18.1 Å². The van der Waals surface area contributed by atoms with Gasteiger partial charge in [0.1, 0.15) is 16.5 Å². The Balaban J connectivity index is 1.94. The number of thioether (sulfide) groups is 1. The van der Waals surface area contributed by atoms with E-state index in [1.165, 1.54) is 24.9 Å². The highest BCUT2D eigenvalue weighted by molar-refractivity contribution is 7.98. The molecule has 1 N–H and O–H groups in total. The van der Waals surface area contributed by atoms with Crippen molar-refractivity contribution >= 4 is 27.5 Å². The third kappa shape index (κ3) is 5.16. The third-order valence-corrected chi connectivity index (χ3v) is 5.91. The molecule has 0 heterocycles. The standard InChI is InChI=1S/C16H17FN2O5S2/c1-24-15-10-13(19(20)21)6-7-16(15)26(22,23)18-8-9-25-11-12-4-2-3-5-14(12)17/h2-7,10,18H,8-9,11H2,1H3. The highest BCUT2D eigenvalue weighted by atomic mass is 32.2. The number of methoxy groups -OCH3 is 1. The molecule has 2 aromatic carbocycles. The molecule has 26 heavy (non-hydrogen) atoms. The Morgan fingerprint density at radius 1 is 1.27 bits per heavy atom. The summed E-state index contributed by atoms with van der Waals surface area (Å²) in [6.07, 6.45) is 0. The number of hydrogen-bond donors (Lipinski definition) is 1. The van der Waals surface area contributed by atoms with E-state index in [9.17, 15) is 22.9 Å². The second-order valence-electron chi connectivity index (χ2n) is 5.13. The monoisotopic (exact) mass is 400 g/mol. The van der Waals surface area contributed by atoms with Gasteiger partial charge in [0.15, 0.2) is 0 Å². The van der Waals surface area contributed by atoms with E-state index >= 15 is 0 Å². The van der Waals surface area contributed by atoms with E-state index in [2.05, 4.69) is 4.72 Å². The SMILES string of the molecule is COc1cc([N+](=O)[O-])ccc1S(=O)(=O)NCCSCc1ccccc1F. The van der Waals surface area contributed by atoms with Gasteiger partial charge in [-0.2, -0.15) is 11.8 Å². The topological polar surface area (TPSA) is 98.5 Å². The molecule has 0 saturated carbocycles. The Morgan fingerprint density at radius 3 is 2.65 bits per heavy atom.